The third-order valence-corrected chi connectivity index (χ3v) is 3.98. The van der Waals surface area contributed by atoms with Gasteiger partial charge in [-0.15, -0.1) is 0 Å². The Hall–Kier alpha value is -0.0800. The van der Waals surface area contributed by atoms with E-state index in [4.69, 9.17) is 5.73 Å². The molecule has 5 unspecified atom stereocenters. The van der Waals surface area contributed by atoms with Gasteiger partial charge < -0.3 is 10.8 Å². The van der Waals surface area contributed by atoms with Crippen LogP contribution in [0.2, 0.25) is 0 Å². The number of aliphatic hydroxyl groups excluding tert-OH is 1. The summed E-state index contributed by atoms with van der Waals surface area (Å²) >= 11 is 0. The maximum atomic E-state index is 9.77. The zero-order chi connectivity index (χ0) is 8.72. The summed E-state index contributed by atoms with van der Waals surface area (Å²) in [5, 5.41) is 9.77. The molecule has 0 aromatic heterocycles. The molecule has 2 nitrogen and oxygen atoms in total. The zero-order valence-corrected chi connectivity index (χ0v) is 7.74. The molecule has 2 heteroatoms. The molecule has 2 saturated carbocycles. The quantitative estimate of drug-likeness (QED) is 0.571. The molecule has 0 aromatic rings. The van der Waals surface area contributed by atoms with Gasteiger partial charge in [0.2, 0.25) is 0 Å². The van der Waals surface area contributed by atoms with E-state index >= 15 is 0 Å². The first-order valence-electron chi connectivity index (χ1n) is 5.15. The van der Waals surface area contributed by atoms with Crippen molar-refractivity contribution in [3.8, 4) is 0 Å². The first kappa shape index (κ1) is 8.52. The molecule has 70 valence electrons. The summed E-state index contributed by atoms with van der Waals surface area (Å²) in [6.45, 7) is 2.15. The van der Waals surface area contributed by atoms with Gasteiger partial charge in [-0.25, -0.2) is 0 Å². The lowest BCUT2D eigenvalue weighted by molar-refractivity contribution is 0.114. The number of nitrogens with two attached hydrogens (primary N) is 1. The second-order valence-electron chi connectivity index (χ2n) is 4.54. The van der Waals surface area contributed by atoms with Crippen LogP contribution < -0.4 is 5.73 Å². The van der Waals surface area contributed by atoms with E-state index in [0.717, 1.165) is 0 Å². The molecule has 0 bridgehead atoms. The van der Waals surface area contributed by atoms with E-state index in [1.165, 1.54) is 25.7 Å². The monoisotopic (exact) mass is 169 g/mol. The minimum Gasteiger partial charge on any atom is -0.391 e. The van der Waals surface area contributed by atoms with Crippen LogP contribution in [0.4, 0.5) is 0 Å². The Balaban J connectivity index is 2.14. The van der Waals surface area contributed by atoms with Crippen molar-refractivity contribution in [2.45, 2.75) is 44.8 Å². The summed E-state index contributed by atoms with van der Waals surface area (Å²) in [7, 11) is 0. The molecule has 3 N–H and O–H groups in total. The Morgan fingerprint density at radius 1 is 1.17 bits per heavy atom. The minimum absolute atomic E-state index is 0.0605. The number of fused-ring (bicyclic) bond motifs is 1. The highest BCUT2D eigenvalue weighted by Crippen LogP contribution is 2.44. The van der Waals surface area contributed by atoms with Crippen LogP contribution in [0, 0.1) is 17.8 Å². The average molecular weight is 169 g/mol. The third kappa shape index (κ3) is 1.09. The van der Waals surface area contributed by atoms with E-state index in [1.807, 2.05) is 0 Å². The van der Waals surface area contributed by atoms with Crippen molar-refractivity contribution >= 4 is 0 Å². The van der Waals surface area contributed by atoms with Gasteiger partial charge in [-0.3, -0.25) is 0 Å². The number of rotatable bonds is 0. The Morgan fingerprint density at radius 2 is 1.75 bits per heavy atom. The fourth-order valence-corrected chi connectivity index (χ4v) is 3.18. The van der Waals surface area contributed by atoms with Crippen LogP contribution >= 0.6 is 0 Å². The highest BCUT2D eigenvalue weighted by atomic mass is 16.3. The van der Waals surface area contributed by atoms with Crippen LogP contribution in [0.3, 0.4) is 0 Å². The van der Waals surface area contributed by atoms with Gasteiger partial charge in [-0.2, -0.15) is 0 Å². The topological polar surface area (TPSA) is 46.2 Å². The van der Waals surface area contributed by atoms with Crippen LogP contribution in [0.25, 0.3) is 0 Å². The van der Waals surface area contributed by atoms with Crippen molar-refractivity contribution in [2.24, 2.45) is 23.5 Å². The molecule has 2 rings (SSSR count). The summed E-state index contributed by atoms with van der Waals surface area (Å²) < 4.78 is 0. The van der Waals surface area contributed by atoms with Gasteiger partial charge in [0.1, 0.15) is 0 Å². The molecular weight excluding hydrogens is 150 g/mol. The van der Waals surface area contributed by atoms with Gasteiger partial charge in [0, 0.05) is 6.04 Å². The van der Waals surface area contributed by atoms with Crippen molar-refractivity contribution in [1.29, 1.82) is 0 Å². The molecule has 0 aromatic carbocycles. The van der Waals surface area contributed by atoms with Gasteiger partial charge in [0.05, 0.1) is 6.10 Å². The predicted octanol–water partition coefficient (Wildman–Crippen LogP) is 1.13. The maximum absolute atomic E-state index is 9.77. The van der Waals surface area contributed by atoms with Crippen molar-refractivity contribution in [3.63, 3.8) is 0 Å². The highest BCUT2D eigenvalue weighted by molar-refractivity contribution is 4.99. The normalized spacial score (nSPS) is 53.8. The molecule has 2 fully saturated rings. The summed E-state index contributed by atoms with van der Waals surface area (Å²) in [6.07, 6.45) is 4.95. The van der Waals surface area contributed by atoms with Gasteiger partial charge in [0.25, 0.3) is 0 Å². The molecule has 0 spiro atoms. The standard InChI is InChI=1S/C10H19NO/c1-6-7-4-2-3-5-8(7)9(11)10(6)12/h6-10,12H,2-5,11H2,1H3. The molecular formula is C10H19NO. The lowest BCUT2D eigenvalue weighted by Gasteiger charge is -2.28. The lowest BCUT2D eigenvalue weighted by atomic mass is 9.78. The first-order valence-corrected chi connectivity index (χ1v) is 5.15. The van der Waals surface area contributed by atoms with Crippen LogP contribution in [-0.4, -0.2) is 17.3 Å². The summed E-state index contributed by atoms with van der Waals surface area (Å²) in [5.74, 6) is 1.76. The largest absolute Gasteiger partial charge is 0.391 e. The van der Waals surface area contributed by atoms with Crippen LogP contribution in [0.5, 0.6) is 0 Å². The van der Waals surface area contributed by atoms with E-state index in [-0.39, 0.29) is 12.1 Å². The Morgan fingerprint density at radius 3 is 2.33 bits per heavy atom. The minimum atomic E-state index is -0.238. The van der Waals surface area contributed by atoms with Crippen molar-refractivity contribution in [3.05, 3.63) is 0 Å². The van der Waals surface area contributed by atoms with Crippen molar-refractivity contribution in [2.75, 3.05) is 0 Å². The Labute approximate surface area is 74.1 Å². The smallest absolute Gasteiger partial charge is 0.0722 e. The Kier molecular flexibility index (Phi) is 2.13. The first-order chi connectivity index (χ1) is 5.72. The molecule has 2 aliphatic rings. The van der Waals surface area contributed by atoms with Gasteiger partial charge in [-0.1, -0.05) is 19.8 Å². The second kappa shape index (κ2) is 3.00. The van der Waals surface area contributed by atoms with Crippen LogP contribution in [0.15, 0.2) is 0 Å². The SMILES string of the molecule is CC1C(O)C(N)C2CCCCC12. The lowest BCUT2D eigenvalue weighted by Crippen LogP contribution is -2.36. The fourth-order valence-electron chi connectivity index (χ4n) is 3.18. The highest BCUT2D eigenvalue weighted by Gasteiger charge is 2.46. The molecule has 0 saturated heterocycles. The zero-order valence-electron chi connectivity index (χ0n) is 7.74. The number of hydrogen-bond acceptors (Lipinski definition) is 2. The number of aliphatic hydroxyl groups is 1. The molecule has 2 aliphatic carbocycles. The molecule has 0 radical (unpaired) electrons. The maximum Gasteiger partial charge on any atom is 0.0722 e. The van der Waals surface area contributed by atoms with E-state index < -0.39 is 0 Å². The van der Waals surface area contributed by atoms with E-state index in [2.05, 4.69) is 6.92 Å². The molecule has 0 heterocycles. The van der Waals surface area contributed by atoms with Gasteiger partial charge in [-0.05, 0) is 30.6 Å². The molecule has 0 amide bonds. The fraction of sp³-hybridized carbons (Fsp3) is 1.00. The van der Waals surface area contributed by atoms with E-state index in [9.17, 15) is 5.11 Å². The van der Waals surface area contributed by atoms with Crippen molar-refractivity contribution < 1.29 is 5.11 Å². The molecule has 5 atom stereocenters. The summed E-state index contributed by atoms with van der Waals surface area (Å²) in [5.41, 5.74) is 5.97. The molecule has 12 heavy (non-hydrogen) atoms. The molecule has 0 aliphatic heterocycles. The number of hydrogen-bond donors (Lipinski definition) is 2. The van der Waals surface area contributed by atoms with Crippen LogP contribution in [0.1, 0.15) is 32.6 Å². The van der Waals surface area contributed by atoms with Crippen molar-refractivity contribution in [1.82, 2.24) is 0 Å². The summed E-state index contributed by atoms with van der Waals surface area (Å²) in [6, 6.07) is 0.0605. The van der Waals surface area contributed by atoms with Crippen LogP contribution in [-0.2, 0) is 0 Å². The summed E-state index contributed by atoms with van der Waals surface area (Å²) in [4.78, 5) is 0. The van der Waals surface area contributed by atoms with E-state index in [1.54, 1.807) is 0 Å². The van der Waals surface area contributed by atoms with E-state index in [0.29, 0.717) is 17.8 Å². The van der Waals surface area contributed by atoms with Gasteiger partial charge >= 0.3 is 0 Å². The third-order valence-electron chi connectivity index (χ3n) is 3.98. The Bertz CT molecular complexity index is 153. The second-order valence-corrected chi connectivity index (χ2v) is 4.54. The van der Waals surface area contributed by atoms with Gasteiger partial charge in [0.15, 0.2) is 0 Å². The average Bonchev–Trinajstić information content (AvgIpc) is 2.33. The predicted molar refractivity (Wildman–Crippen MR) is 48.6 cm³/mol.